The summed E-state index contributed by atoms with van der Waals surface area (Å²) in [6.07, 6.45) is 0.892. The third-order valence-corrected chi connectivity index (χ3v) is 3.07. The molecule has 4 nitrogen and oxygen atoms in total. The summed E-state index contributed by atoms with van der Waals surface area (Å²) < 4.78 is 10.4. The molecule has 0 aromatic rings. The molecule has 0 aromatic heterocycles. The van der Waals surface area contributed by atoms with Gasteiger partial charge in [-0.25, -0.2) is 0 Å². The third-order valence-electron chi connectivity index (χ3n) is 1.55. The number of hydrogen-bond acceptors (Lipinski definition) is 4. The van der Waals surface area contributed by atoms with Crippen molar-refractivity contribution in [2.75, 3.05) is 0 Å². The topological polar surface area (TPSA) is 83.4 Å². The van der Waals surface area contributed by atoms with E-state index in [1.165, 1.54) is 13.0 Å². The lowest BCUT2D eigenvalue weighted by molar-refractivity contribution is -0.330. The maximum absolute atomic E-state index is 10.4. The van der Waals surface area contributed by atoms with Gasteiger partial charge in [0.25, 0.3) is 0 Å². The van der Waals surface area contributed by atoms with Crippen LogP contribution >= 0.6 is 7.60 Å². The molecule has 0 fully saturated rings. The van der Waals surface area contributed by atoms with Crippen LogP contribution in [0.2, 0.25) is 0 Å². The Morgan fingerprint density at radius 2 is 2.18 bits per heavy atom. The predicted molar refractivity (Wildman–Crippen MR) is 37.7 cm³/mol. The predicted octanol–water partition coefficient (Wildman–Crippen LogP) is -0.425. The van der Waals surface area contributed by atoms with Gasteiger partial charge in [0.1, 0.15) is 0 Å². The Hall–Kier alpha value is -0.150. The zero-order chi connectivity index (χ0) is 9.12. The Labute approximate surface area is 65.7 Å². The summed E-state index contributed by atoms with van der Waals surface area (Å²) >= 11 is 0. The largest absolute Gasteiger partial charge is 0.809 e. The number of rotatable bonds is 4. The Morgan fingerprint density at radius 3 is 2.27 bits per heavy atom. The van der Waals surface area contributed by atoms with Crippen molar-refractivity contribution in [1.82, 2.24) is 0 Å². The second-order valence-corrected chi connectivity index (χ2v) is 4.15. The van der Waals surface area contributed by atoms with E-state index in [9.17, 15) is 19.5 Å². The van der Waals surface area contributed by atoms with E-state index in [0.29, 0.717) is 0 Å². The first-order valence-corrected chi connectivity index (χ1v) is 4.77. The molecule has 0 bridgehead atoms. The highest BCUT2D eigenvalue weighted by atomic mass is 31.2. The van der Waals surface area contributed by atoms with Crippen molar-refractivity contribution in [3.8, 4) is 0 Å². The van der Waals surface area contributed by atoms with E-state index in [4.69, 9.17) is 0 Å². The average Bonchev–Trinajstić information content (AvgIpc) is 1.86. The Balaban J connectivity index is 4.59. The number of aliphatic hydroxyl groups is 1. The molecule has 1 unspecified atom stereocenters. The summed E-state index contributed by atoms with van der Waals surface area (Å²) in [7, 11) is -4.92. The first kappa shape index (κ1) is 10.8. The summed E-state index contributed by atoms with van der Waals surface area (Å²) in [5.41, 5.74) is 0. The summed E-state index contributed by atoms with van der Waals surface area (Å²) in [6.45, 7) is 4.68. The van der Waals surface area contributed by atoms with E-state index in [-0.39, 0.29) is 12.8 Å². The maximum atomic E-state index is 10.4. The minimum absolute atomic E-state index is 0.108. The quantitative estimate of drug-likeness (QED) is 0.467. The fourth-order valence-electron chi connectivity index (χ4n) is 0.681. The molecule has 0 heterocycles. The van der Waals surface area contributed by atoms with Gasteiger partial charge in [-0.15, -0.1) is 6.58 Å². The van der Waals surface area contributed by atoms with Crippen molar-refractivity contribution in [3.63, 3.8) is 0 Å². The average molecular weight is 178 g/mol. The van der Waals surface area contributed by atoms with Crippen LogP contribution in [0.15, 0.2) is 12.7 Å². The van der Waals surface area contributed by atoms with Gasteiger partial charge in [0.2, 0.25) is 0 Å². The van der Waals surface area contributed by atoms with Gasteiger partial charge >= 0.3 is 0 Å². The van der Waals surface area contributed by atoms with Gasteiger partial charge in [-0.2, -0.15) is 0 Å². The lowest BCUT2D eigenvalue weighted by Crippen LogP contribution is -2.38. The van der Waals surface area contributed by atoms with Crippen molar-refractivity contribution in [2.45, 2.75) is 25.1 Å². The van der Waals surface area contributed by atoms with Gasteiger partial charge in [-0.05, 0) is 20.4 Å². The van der Waals surface area contributed by atoms with Crippen molar-refractivity contribution in [2.24, 2.45) is 0 Å². The van der Waals surface area contributed by atoms with Crippen LogP contribution in [-0.2, 0) is 4.57 Å². The molecule has 0 aliphatic heterocycles. The van der Waals surface area contributed by atoms with Crippen LogP contribution in [0.5, 0.6) is 0 Å². The van der Waals surface area contributed by atoms with Gasteiger partial charge in [0.15, 0.2) is 0 Å². The summed E-state index contributed by atoms with van der Waals surface area (Å²) in [5, 5.41) is 7.05. The highest BCUT2D eigenvalue weighted by Crippen LogP contribution is 2.45. The SMILES string of the molecule is C=CCC(O)(CC)P(=O)([O-])[O-]. The normalized spacial score (nSPS) is 17.5. The van der Waals surface area contributed by atoms with E-state index in [2.05, 4.69) is 6.58 Å². The summed E-state index contributed by atoms with van der Waals surface area (Å²) in [5.74, 6) is 0. The van der Waals surface area contributed by atoms with Crippen LogP contribution < -0.4 is 9.79 Å². The lowest BCUT2D eigenvalue weighted by atomic mass is 10.2. The standard InChI is InChI=1S/C6H13O4P/c1-3-5-6(7,4-2)11(8,9)10/h3,7H,1,4-5H2,2H3,(H2,8,9,10)/p-2. The molecular formula is C6H11O4P-2. The Kier molecular flexibility index (Phi) is 3.45. The first-order valence-electron chi connectivity index (χ1n) is 3.23. The molecule has 66 valence electrons. The fourth-order valence-corrected chi connectivity index (χ4v) is 1.42. The smallest absolute Gasteiger partial charge is 0.0943 e. The minimum Gasteiger partial charge on any atom is -0.809 e. The van der Waals surface area contributed by atoms with Gasteiger partial charge < -0.3 is 19.5 Å². The van der Waals surface area contributed by atoms with E-state index in [0.717, 1.165) is 0 Å². The first-order chi connectivity index (χ1) is 4.87. The zero-order valence-electron chi connectivity index (χ0n) is 6.32. The fraction of sp³-hybridized carbons (Fsp3) is 0.667. The minimum atomic E-state index is -4.92. The van der Waals surface area contributed by atoms with Gasteiger partial charge in [0.05, 0.1) is 5.34 Å². The van der Waals surface area contributed by atoms with Gasteiger partial charge in [0, 0.05) is 0 Å². The van der Waals surface area contributed by atoms with E-state index in [1.807, 2.05) is 0 Å². The van der Waals surface area contributed by atoms with E-state index >= 15 is 0 Å². The molecule has 0 saturated carbocycles. The van der Waals surface area contributed by atoms with Crippen LogP contribution in [0.25, 0.3) is 0 Å². The lowest BCUT2D eigenvalue weighted by Gasteiger charge is -2.44. The molecule has 1 N–H and O–H groups in total. The Bertz CT molecular complexity index is 185. The molecule has 0 spiro atoms. The molecule has 0 aliphatic rings. The molecule has 0 saturated heterocycles. The van der Waals surface area contributed by atoms with E-state index < -0.39 is 12.9 Å². The van der Waals surface area contributed by atoms with Gasteiger partial charge in [-0.3, -0.25) is 0 Å². The van der Waals surface area contributed by atoms with Crippen molar-refractivity contribution < 1.29 is 19.5 Å². The van der Waals surface area contributed by atoms with Crippen molar-refractivity contribution in [3.05, 3.63) is 12.7 Å². The second kappa shape index (κ2) is 3.50. The maximum Gasteiger partial charge on any atom is 0.0943 e. The van der Waals surface area contributed by atoms with Crippen LogP contribution in [0, 0.1) is 0 Å². The van der Waals surface area contributed by atoms with Crippen LogP contribution in [0.3, 0.4) is 0 Å². The van der Waals surface area contributed by atoms with E-state index in [1.54, 1.807) is 0 Å². The van der Waals surface area contributed by atoms with Crippen LogP contribution in [-0.4, -0.2) is 10.4 Å². The molecular weight excluding hydrogens is 167 g/mol. The highest BCUT2D eigenvalue weighted by molar-refractivity contribution is 7.50. The monoisotopic (exact) mass is 178 g/mol. The highest BCUT2D eigenvalue weighted by Gasteiger charge is 2.26. The molecule has 0 aliphatic carbocycles. The van der Waals surface area contributed by atoms with Crippen LogP contribution in [0.4, 0.5) is 0 Å². The van der Waals surface area contributed by atoms with Crippen LogP contribution in [0.1, 0.15) is 19.8 Å². The molecule has 0 radical (unpaired) electrons. The van der Waals surface area contributed by atoms with Crippen molar-refractivity contribution in [1.29, 1.82) is 0 Å². The molecule has 0 amide bonds. The zero-order valence-corrected chi connectivity index (χ0v) is 7.21. The van der Waals surface area contributed by atoms with Crippen molar-refractivity contribution >= 4 is 7.60 Å². The molecule has 5 heteroatoms. The summed E-state index contributed by atoms with van der Waals surface area (Å²) in [4.78, 5) is 20.9. The third kappa shape index (κ3) is 2.42. The molecule has 11 heavy (non-hydrogen) atoms. The molecule has 1 atom stereocenters. The number of hydrogen-bond donors (Lipinski definition) is 1. The molecule has 0 aromatic carbocycles. The molecule has 0 rings (SSSR count). The summed E-state index contributed by atoms with van der Waals surface area (Å²) in [6, 6.07) is 0. The van der Waals surface area contributed by atoms with Gasteiger partial charge in [-0.1, -0.05) is 13.0 Å². The Morgan fingerprint density at radius 1 is 1.73 bits per heavy atom. The second-order valence-electron chi connectivity index (χ2n) is 2.33.